The Morgan fingerprint density at radius 1 is 1.00 bits per heavy atom. The van der Waals surface area contributed by atoms with E-state index in [0.29, 0.717) is 34.9 Å². The van der Waals surface area contributed by atoms with E-state index in [9.17, 15) is 0 Å². The van der Waals surface area contributed by atoms with Crippen molar-refractivity contribution in [2.75, 3.05) is 6.61 Å². The van der Waals surface area contributed by atoms with E-state index in [-0.39, 0.29) is 0 Å². The van der Waals surface area contributed by atoms with E-state index >= 15 is 0 Å². The van der Waals surface area contributed by atoms with Gasteiger partial charge in [0.1, 0.15) is 0 Å². The highest BCUT2D eigenvalue weighted by Gasteiger charge is 2.39. The van der Waals surface area contributed by atoms with Crippen molar-refractivity contribution in [1.29, 1.82) is 0 Å². The fourth-order valence-electron chi connectivity index (χ4n) is 4.74. The summed E-state index contributed by atoms with van der Waals surface area (Å²) >= 11 is 0. The number of hydrogen-bond donors (Lipinski definition) is 1. The van der Waals surface area contributed by atoms with E-state index in [4.69, 9.17) is 4.74 Å². The quantitative estimate of drug-likeness (QED) is 0.828. The SMILES string of the molecule is CC(C)C1CC(NC2CC(C)(C)CC(C)(C)C2)CCO1. The van der Waals surface area contributed by atoms with Crippen LogP contribution in [0.25, 0.3) is 0 Å². The van der Waals surface area contributed by atoms with E-state index in [1.807, 2.05) is 0 Å². The lowest BCUT2D eigenvalue weighted by atomic mass is 9.63. The van der Waals surface area contributed by atoms with Crippen molar-refractivity contribution >= 4 is 0 Å². The zero-order chi connectivity index (χ0) is 15.0. The van der Waals surface area contributed by atoms with Gasteiger partial charge in [0.25, 0.3) is 0 Å². The summed E-state index contributed by atoms with van der Waals surface area (Å²) < 4.78 is 5.90. The molecule has 2 heteroatoms. The molecule has 0 aromatic carbocycles. The van der Waals surface area contributed by atoms with Crippen LogP contribution >= 0.6 is 0 Å². The van der Waals surface area contributed by atoms with Crippen LogP contribution in [0.3, 0.4) is 0 Å². The summed E-state index contributed by atoms with van der Waals surface area (Å²) in [6.07, 6.45) is 6.81. The first-order valence-corrected chi connectivity index (χ1v) is 8.55. The summed E-state index contributed by atoms with van der Waals surface area (Å²) in [5.74, 6) is 0.638. The first-order chi connectivity index (χ1) is 9.17. The Morgan fingerprint density at radius 3 is 2.15 bits per heavy atom. The van der Waals surface area contributed by atoms with Crippen molar-refractivity contribution < 1.29 is 4.74 Å². The van der Waals surface area contributed by atoms with Crippen LogP contribution < -0.4 is 5.32 Å². The minimum Gasteiger partial charge on any atom is -0.378 e. The molecule has 1 heterocycles. The Balaban J connectivity index is 1.92. The molecule has 0 aromatic heterocycles. The Morgan fingerprint density at radius 2 is 1.60 bits per heavy atom. The molecular weight excluding hydrogens is 246 g/mol. The van der Waals surface area contributed by atoms with Gasteiger partial charge in [-0.25, -0.2) is 0 Å². The fourth-order valence-corrected chi connectivity index (χ4v) is 4.74. The zero-order valence-electron chi connectivity index (χ0n) is 14.5. The Kier molecular flexibility index (Phi) is 4.86. The standard InChI is InChI=1S/C18H35NO/c1-13(2)16-9-14(7-8-20-16)19-15-10-17(3,4)12-18(5,6)11-15/h13-16,19H,7-12H2,1-6H3. The van der Waals surface area contributed by atoms with Crippen LogP contribution in [-0.2, 0) is 4.74 Å². The molecule has 0 amide bonds. The van der Waals surface area contributed by atoms with E-state index < -0.39 is 0 Å². The van der Waals surface area contributed by atoms with Crippen LogP contribution in [0.5, 0.6) is 0 Å². The van der Waals surface area contributed by atoms with Gasteiger partial charge in [-0.1, -0.05) is 41.5 Å². The predicted molar refractivity (Wildman–Crippen MR) is 85.9 cm³/mol. The lowest BCUT2D eigenvalue weighted by Crippen LogP contribution is -2.50. The highest BCUT2D eigenvalue weighted by Crippen LogP contribution is 2.45. The van der Waals surface area contributed by atoms with Crippen molar-refractivity contribution in [3.63, 3.8) is 0 Å². The summed E-state index contributed by atoms with van der Waals surface area (Å²) in [4.78, 5) is 0. The van der Waals surface area contributed by atoms with E-state index in [0.717, 1.165) is 6.61 Å². The number of nitrogens with one attached hydrogen (secondary N) is 1. The maximum absolute atomic E-state index is 5.90. The third-order valence-corrected chi connectivity index (χ3v) is 5.09. The molecule has 0 bridgehead atoms. The molecule has 1 aliphatic heterocycles. The molecule has 0 radical (unpaired) electrons. The lowest BCUT2D eigenvalue weighted by Gasteiger charge is -2.47. The maximum atomic E-state index is 5.90. The molecule has 2 unspecified atom stereocenters. The van der Waals surface area contributed by atoms with E-state index in [2.05, 4.69) is 46.9 Å². The molecule has 1 saturated heterocycles. The minimum absolute atomic E-state index is 0.450. The molecule has 1 N–H and O–H groups in total. The molecule has 20 heavy (non-hydrogen) atoms. The topological polar surface area (TPSA) is 21.3 Å². The van der Waals surface area contributed by atoms with Crippen LogP contribution in [0.2, 0.25) is 0 Å². The van der Waals surface area contributed by atoms with Gasteiger partial charge in [-0.3, -0.25) is 0 Å². The molecule has 0 aromatic rings. The van der Waals surface area contributed by atoms with Crippen molar-refractivity contribution in [2.24, 2.45) is 16.7 Å². The highest BCUT2D eigenvalue weighted by atomic mass is 16.5. The molecule has 2 atom stereocenters. The van der Waals surface area contributed by atoms with Crippen molar-refractivity contribution in [1.82, 2.24) is 5.32 Å². The van der Waals surface area contributed by atoms with Gasteiger partial charge in [0.2, 0.25) is 0 Å². The molecule has 2 rings (SSSR count). The average molecular weight is 281 g/mol. The zero-order valence-corrected chi connectivity index (χ0v) is 14.5. The molecule has 2 fully saturated rings. The summed E-state index contributed by atoms with van der Waals surface area (Å²) in [5, 5.41) is 3.97. The third kappa shape index (κ3) is 4.46. The predicted octanol–water partition coefficient (Wildman–Crippen LogP) is 4.38. The average Bonchev–Trinajstić information content (AvgIpc) is 2.24. The highest BCUT2D eigenvalue weighted by molar-refractivity contribution is 4.94. The summed E-state index contributed by atoms with van der Waals surface area (Å²) in [6, 6.07) is 1.34. The summed E-state index contributed by atoms with van der Waals surface area (Å²) in [5.41, 5.74) is 0.948. The largest absolute Gasteiger partial charge is 0.378 e. The molecule has 2 aliphatic rings. The van der Waals surface area contributed by atoms with Crippen LogP contribution in [0.4, 0.5) is 0 Å². The van der Waals surface area contributed by atoms with Crippen LogP contribution in [0, 0.1) is 16.7 Å². The van der Waals surface area contributed by atoms with Gasteiger partial charge in [-0.15, -0.1) is 0 Å². The normalized spacial score (nSPS) is 34.4. The van der Waals surface area contributed by atoms with Gasteiger partial charge in [0.05, 0.1) is 6.10 Å². The van der Waals surface area contributed by atoms with Crippen LogP contribution in [0.15, 0.2) is 0 Å². The van der Waals surface area contributed by atoms with E-state index in [1.54, 1.807) is 0 Å². The van der Waals surface area contributed by atoms with Crippen molar-refractivity contribution in [3.8, 4) is 0 Å². The minimum atomic E-state index is 0.450. The Hall–Kier alpha value is -0.0800. The molecule has 2 nitrogen and oxygen atoms in total. The number of ether oxygens (including phenoxy) is 1. The maximum Gasteiger partial charge on any atom is 0.0612 e. The van der Waals surface area contributed by atoms with Gasteiger partial charge in [-0.05, 0) is 48.9 Å². The molecular formula is C18H35NO. The van der Waals surface area contributed by atoms with Gasteiger partial charge >= 0.3 is 0 Å². The molecule has 1 saturated carbocycles. The lowest BCUT2D eigenvalue weighted by molar-refractivity contribution is -0.0299. The van der Waals surface area contributed by atoms with Gasteiger partial charge in [0, 0.05) is 18.7 Å². The Labute approximate surface area is 126 Å². The van der Waals surface area contributed by atoms with Crippen LogP contribution in [-0.4, -0.2) is 24.8 Å². The second-order valence-corrected chi connectivity index (χ2v) is 9.15. The second-order valence-electron chi connectivity index (χ2n) is 9.15. The van der Waals surface area contributed by atoms with Gasteiger partial charge < -0.3 is 10.1 Å². The first-order valence-electron chi connectivity index (χ1n) is 8.55. The van der Waals surface area contributed by atoms with Crippen molar-refractivity contribution in [3.05, 3.63) is 0 Å². The molecule has 0 spiro atoms. The first kappa shape index (κ1) is 16.3. The van der Waals surface area contributed by atoms with Crippen molar-refractivity contribution in [2.45, 2.75) is 91.8 Å². The molecule has 1 aliphatic carbocycles. The van der Waals surface area contributed by atoms with Crippen LogP contribution in [0.1, 0.15) is 73.6 Å². The monoisotopic (exact) mass is 281 g/mol. The smallest absolute Gasteiger partial charge is 0.0612 e. The number of rotatable bonds is 3. The third-order valence-electron chi connectivity index (χ3n) is 5.09. The second kappa shape index (κ2) is 5.96. The number of hydrogen-bond acceptors (Lipinski definition) is 2. The summed E-state index contributed by atoms with van der Waals surface area (Å²) in [7, 11) is 0. The Bertz CT molecular complexity index is 305. The fraction of sp³-hybridized carbons (Fsp3) is 1.00. The van der Waals surface area contributed by atoms with Gasteiger partial charge in [-0.2, -0.15) is 0 Å². The van der Waals surface area contributed by atoms with E-state index in [1.165, 1.54) is 32.1 Å². The summed E-state index contributed by atoms with van der Waals surface area (Å²) in [6.45, 7) is 15.2. The van der Waals surface area contributed by atoms with Gasteiger partial charge in [0.15, 0.2) is 0 Å². The molecule has 118 valence electrons.